The number of aliphatic hydroxyl groups excluding tert-OH is 17. The lowest BCUT2D eigenvalue weighted by Gasteiger charge is -2.63. The van der Waals surface area contributed by atoms with E-state index < -0.39 is 210 Å². The molecule has 2 saturated carbocycles. The Bertz CT molecular complexity index is 2360. The summed E-state index contributed by atoms with van der Waals surface area (Å²) < 4.78 is 59.4. The molecule has 0 amide bonds. The van der Waals surface area contributed by atoms with Gasteiger partial charge in [0.15, 0.2) is 31.5 Å². The molecule has 0 bridgehead atoms. The van der Waals surface area contributed by atoms with Crippen LogP contribution in [-0.2, 0) is 47.4 Å². The molecule has 0 aromatic carbocycles. The molecule has 28 heteroatoms. The van der Waals surface area contributed by atoms with Crippen molar-refractivity contribution in [3.8, 4) is 0 Å². The summed E-state index contributed by atoms with van der Waals surface area (Å²) in [4.78, 5) is 0. The van der Waals surface area contributed by atoms with Crippen molar-refractivity contribution >= 4 is 0 Å². The number of allylic oxidation sites excluding steroid dienone is 3. The molecule has 0 aromatic rings. The Morgan fingerprint density at radius 1 is 0.523 bits per heavy atom. The van der Waals surface area contributed by atoms with Crippen LogP contribution in [0.4, 0.5) is 0 Å². The average Bonchev–Trinajstić information content (AvgIpc) is 1.42. The van der Waals surface area contributed by atoms with Crippen LogP contribution in [0.25, 0.3) is 0 Å². The molecular weight excluding hydrogens is 1170 g/mol. The maximum Gasteiger partial charge on any atom is 0.187 e. The van der Waals surface area contributed by atoms with Gasteiger partial charge in [0.2, 0.25) is 0 Å². The van der Waals surface area contributed by atoms with Crippen molar-refractivity contribution in [1.82, 2.24) is 0 Å². The van der Waals surface area contributed by atoms with Crippen molar-refractivity contribution in [2.24, 2.45) is 45.3 Å². The van der Waals surface area contributed by atoms with E-state index in [-0.39, 0.29) is 46.3 Å². The van der Waals surface area contributed by atoms with E-state index in [0.717, 1.165) is 25.7 Å². The standard InChI is InChI=1S/C60H100O28/c1-24(9-13-35(57(4,5)78)87-55-50(88-54-49(77)43(71)38(66)30(21-63)83-54)45(73)40(68)32(85-55)23-80-52-47(75)42(70)37(65)29(20-62)82-52)25-15-16-60(8)33-12-10-26-27(58(33,6)17-18-59(25,60)7)11-14-34(56(26,2)3)86-53-48(76)44(72)39(67)31(84-53)22-79-51-46(74)41(69)36(64)28(19-61)81-51/h10,17-18,24-25,27-55,61-78H,9,11-16,19-23H2,1-8H3/t24-,25?,27?,28-,29-,30-,31-,32-,33?,34+,35-,36-,37-,38-,39-,40-,41+,42+,43+,44+,45+,46-,47-,48-,49-,50-,51-,52-,53+,54+,55+,58+,59-,60+/m1/s1. The van der Waals surface area contributed by atoms with Crippen LogP contribution in [0.15, 0.2) is 23.8 Å². The number of hydrogen-bond donors (Lipinski definition) is 18. The normalized spacial score (nSPS) is 51.2. The third-order valence-electron chi connectivity index (χ3n) is 22.2. The second-order valence-corrected chi connectivity index (χ2v) is 28.2. The van der Waals surface area contributed by atoms with Crippen LogP contribution in [0.3, 0.4) is 0 Å². The van der Waals surface area contributed by atoms with Gasteiger partial charge in [0.1, 0.15) is 122 Å². The van der Waals surface area contributed by atoms with Crippen LogP contribution in [0.5, 0.6) is 0 Å². The summed E-state index contributed by atoms with van der Waals surface area (Å²) in [6.07, 6.45) is -31.2. The lowest BCUT2D eigenvalue weighted by molar-refractivity contribution is -0.380. The van der Waals surface area contributed by atoms with E-state index in [2.05, 4.69) is 59.8 Å². The molecule has 0 radical (unpaired) electrons. The van der Waals surface area contributed by atoms with Gasteiger partial charge in [-0.1, -0.05) is 65.3 Å². The zero-order valence-electron chi connectivity index (χ0n) is 51.2. The third kappa shape index (κ3) is 12.9. The van der Waals surface area contributed by atoms with Gasteiger partial charge < -0.3 is 139 Å². The fourth-order valence-corrected chi connectivity index (χ4v) is 16.3. The molecule has 0 spiro atoms. The van der Waals surface area contributed by atoms with Crippen molar-refractivity contribution in [2.75, 3.05) is 33.0 Å². The summed E-state index contributed by atoms with van der Waals surface area (Å²) in [5.74, 6) is 0.517. The Morgan fingerprint density at radius 2 is 0.966 bits per heavy atom. The van der Waals surface area contributed by atoms with Crippen molar-refractivity contribution in [2.45, 2.75) is 272 Å². The number of rotatable bonds is 20. The van der Waals surface area contributed by atoms with Gasteiger partial charge in [-0.05, 0) is 98.7 Å². The first-order chi connectivity index (χ1) is 41.2. The molecule has 3 unspecified atom stereocenters. The van der Waals surface area contributed by atoms with Gasteiger partial charge >= 0.3 is 0 Å². The minimum atomic E-state index is -1.94. The fourth-order valence-electron chi connectivity index (χ4n) is 16.3. The SMILES string of the molecule is C[C@H](CC[C@@H](O[C@@H]1O[C@H](CO[C@@H]2O[C@H](CO)[C@@H](O)[C@H](O)[C@H]2O)[C@@H](O)[C@H](O)[C@H]1O[C@@H]1O[C@H](CO)[C@@H](O)[C@H](O)[C@H]1O)C(C)(C)O)C1CC[C@@]2(C)C3CC=C4C(CC[C@H](O[C@@H]5O[C@H](CO[C@@H]6O[C@H](CO)[C@@H](O)[C@H](O)[C@H]6O)[C@@H](O)[C@H](O)[C@H]5O)C4(C)C)[C@]3(C)C=C[C@]12C. The van der Waals surface area contributed by atoms with Gasteiger partial charge in [0, 0.05) is 5.41 Å². The fraction of sp³-hybridized carbons (Fsp3) is 0.933. The summed E-state index contributed by atoms with van der Waals surface area (Å²) in [6, 6.07) is 0. The predicted octanol–water partition coefficient (Wildman–Crippen LogP) is -4.60. The molecule has 0 aromatic heterocycles. The highest BCUT2D eigenvalue weighted by molar-refractivity contribution is 5.35. The van der Waals surface area contributed by atoms with Crippen molar-refractivity contribution in [3.63, 3.8) is 0 Å². The Morgan fingerprint density at radius 3 is 1.47 bits per heavy atom. The Kier molecular flexibility index (Phi) is 21.9. The Labute approximate surface area is 511 Å². The zero-order chi connectivity index (χ0) is 64.7. The van der Waals surface area contributed by atoms with E-state index in [4.69, 9.17) is 47.4 Å². The van der Waals surface area contributed by atoms with Crippen molar-refractivity contribution in [3.05, 3.63) is 23.8 Å². The summed E-state index contributed by atoms with van der Waals surface area (Å²) in [5.41, 5.74) is -1.76. The van der Waals surface area contributed by atoms with Crippen LogP contribution in [0, 0.1) is 45.3 Å². The average molecular weight is 1270 g/mol. The summed E-state index contributed by atoms with van der Waals surface area (Å²) in [6.45, 7) is 13.1. The molecule has 34 atom stereocenters. The number of ether oxygens (including phenoxy) is 10. The summed E-state index contributed by atoms with van der Waals surface area (Å²) in [5, 5.41) is 192. The van der Waals surface area contributed by atoms with Gasteiger partial charge in [-0.15, -0.1) is 0 Å². The number of aliphatic hydroxyl groups is 18. The molecule has 5 aliphatic heterocycles. The van der Waals surface area contributed by atoms with Crippen LogP contribution >= 0.6 is 0 Å². The quantitative estimate of drug-likeness (QED) is 0.0510. The summed E-state index contributed by atoms with van der Waals surface area (Å²) in [7, 11) is 0. The monoisotopic (exact) mass is 1270 g/mol. The van der Waals surface area contributed by atoms with Crippen LogP contribution in [0.2, 0.25) is 0 Å². The van der Waals surface area contributed by atoms with E-state index >= 15 is 0 Å². The summed E-state index contributed by atoms with van der Waals surface area (Å²) >= 11 is 0. The van der Waals surface area contributed by atoms with Gasteiger partial charge in [0.25, 0.3) is 0 Å². The lowest BCUT2D eigenvalue weighted by Crippen LogP contribution is -2.65. The van der Waals surface area contributed by atoms with E-state index in [0.29, 0.717) is 12.8 Å². The van der Waals surface area contributed by atoms with E-state index in [9.17, 15) is 91.9 Å². The molecule has 508 valence electrons. The topological polar surface area (TPSA) is 456 Å². The number of hydrogen-bond acceptors (Lipinski definition) is 28. The molecule has 9 aliphatic rings. The third-order valence-corrected chi connectivity index (χ3v) is 22.2. The van der Waals surface area contributed by atoms with Gasteiger partial charge in [-0.3, -0.25) is 0 Å². The van der Waals surface area contributed by atoms with Gasteiger partial charge in [-0.25, -0.2) is 0 Å². The van der Waals surface area contributed by atoms with Crippen LogP contribution in [-0.4, -0.2) is 296 Å². The first-order valence-electron chi connectivity index (χ1n) is 31.2. The molecule has 28 nitrogen and oxygen atoms in total. The first kappa shape index (κ1) is 70.7. The highest BCUT2D eigenvalue weighted by Gasteiger charge is 2.66. The molecule has 9 rings (SSSR count). The van der Waals surface area contributed by atoms with Crippen LogP contribution in [0.1, 0.15) is 100 Å². The molecular formula is C60H100O28. The zero-order valence-corrected chi connectivity index (χ0v) is 51.2. The maximum absolute atomic E-state index is 11.8. The minimum absolute atomic E-state index is 0.0342. The highest BCUT2D eigenvalue weighted by atomic mass is 16.8. The van der Waals surface area contributed by atoms with Gasteiger partial charge in [0.05, 0.1) is 50.8 Å². The second kappa shape index (κ2) is 27.2. The molecule has 5 saturated heterocycles. The van der Waals surface area contributed by atoms with Crippen LogP contribution < -0.4 is 0 Å². The highest BCUT2D eigenvalue weighted by Crippen LogP contribution is 2.73. The van der Waals surface area contributed by atoms with E-state index in [1.165, 1.54) is 19.4 Å². The molecule has 4 aliphatic carbocycles. The molecule has 88 heavy (non-hydrogen) atoms. The lowest BCUT2D eigenvalue weighted by atomic mass is 9.41. The molecule has 18 N–H and O–H groups in total. The minimum Gasteiger partial charge on any atom is -0.394 e. The Balaban J connectivity index is 0.875. The Hall–Kier alpha value is -1.64. The number of fused-ring (bicyclic) bond motifs is 5. The van der Waals surface area contributed by atoms with Crippen molar-refractivity contribution < 1.29 is 139 Å². The van der Waals surface area contributed by atoms with E-state index in [1.807, 2.05) is 0 Å². The smallest absolute Gasteiger partial charge is 0.187 e. The molecule has 5 heterocycles. The predicted molar refractivity (Wildman–Crippen MR) is 299 cm³/mol. The van der Waals surface area contributed by atoms with Gasteiger partial charge in [-0.2, -0.15) is 0 Å². The first-order valence-corrected chi connectivity index (χ1v) is 31.2. The van der Waals surface area contributed by atoms with E-state index in [1.54, 1.807) is 0 Å². The largest absolute Gasteiger partial charge is 0.394 e. The molecule has 7 fully saturated rings. The maximum atomic E-state index is 11.8. The second-order valence-electron chi connectivity index (χ2n) is 28.2. The van der Waals surface area contributed by atoms with Crippen molar-refractivity contribution in [1.29, 1.82) is 0 Å².